The first kappa shape index (κ1) is 16.9. The largest absolute Gasteiger partial charge is 0.476 e. The third-order valence-corrected chi connectivity index (χ3v) is 3.50. The van der Waals surface area contributed by atoms with E-state index in [1.54, 1.807) is 30.5 Å². The number of hydrogen-bond donors (Lipinski definition) is 5. The Morgan fingerprint density at radius 3 is 2.65 bits per heavy atom. The highest BCUT2D eigenvalue weighted by Crippen LogP contribution is 2.16. The van der Waals surface area contributed by atoms with Crippen molar-refractivity contribution in [2.24, 2.45) is 11.6 Å². The minimum absolute atomic E-state index is 0.248. The van der Waals surface area contributed by atoms with Crippen LogP contribution in [0.3, 0.4) is 0 Å². The summed E-state index contributed by atoms with van der Waals surface area (Å²) in [6.07, 6.45) is 1.74. The van der Waals surface area contributed by atoms with Gasteiger partial charge < -0.3 is 15.6 Å². The summed E-state index contributed by atoms with van der Waals surface area (Å²) in [6.45, 7) is 0. The molecular weight excluding hydrogens is 334 g/mol. The number of H-pyrrole nitrogens is 1. The van der Waals surface area contributed by atoms with Crippen LogP contribution in [0.4, 0.5) is 0 Å². The second-order valence-electron chi connectivity index (χ2n) is 5.21. The smallest absolute Gasteiger partial charge is 0.357 e. The monoisotopic (exact) mass is 349 g/mol. The van der Waals surface area contributed by atoms with Gasteiger partial charge in [-0.15, -0.1) is 0 Å². The minimum Gasteiger partial charge on any atom is -0.476 e. The van der Waals surface area contributed by atoms with E-state index in [2.05, 4.69) is 27.5 Å². The number of carboxylic acid groups (broad SMARTS) is 1. The molecule has 0 spiro atoms. The van der Waals surface area contributed by atoms with E-state index >= 15 is 0 Å². The van der Waals surface area contributed by atoms with Crippen LogP contribution >= 0.6 is 0 Å². The number of hydrazine groups is 1. The zero-order valence-electron chi connectivity index (χ0n) is 13.5. The molecule has 130 valence electrons. The zero-order valence-corrected chi connectivity index (χ0v) is 13.5. The molecule has 0 amide bonds. The van der Waals surface area contributed by atoms with Gasteiger partial charge in [-0.25, -0.2) is 10.6 Å². The second-order valence-corrected chi connectivity index (χ2v) is 5.21. The molecule has 0 bridgehead atoms. The SMILES string of the molecule is NN/C(Oc1ccc(C#Cc2cccc3cn[nH]c23)cc1)=C(\N)C(=O)O. The van der Waals surface area contributed by atoms with Crippen molar-refractivity contribution in [2.75, 3.05) is 0 Å². The lowest BCUT2D eigenvalue weighted by atomic mass is 10.1. The highest BCUT2D eigenvalue weighted by atomic mass is 16.5. The molecule has 0 aliphatic carbocycles. The molecule has 0 aliphatic heterocycles. The molecule has 26 heavy (non-hydrogen) atoms. The number of carboxylic acids is 1. The predicted molar refractivity (Wildman–Crippen MR) is 95.3 cm³/mol. The number of fused-ring (bicyclic) bond motifs is 1. The fraction of sp³-hybridized carbons (Fsp3) is 0. The zero-order chi connectivity index (χ0) is 18.5. The lowest BCUT2D eigenvalue weighted by molar-refractivity contribution is -0.132. The molecule has 7 N–H and O–H groups in total. The van der Waals surface area contributed by atoms with E-state index in [1.807, 2.05) is 18.2 Å². The van der Waals surface area contributed by atoms with E-state index < -0.39 is 11.7 Å². The van der Waals surface area contributed by atoms with Gasteiger partial charge in [0.1, 0.15) is 5.75 Å². The average Bonchev–Trinajstić information content (AvgIpc) is 3.14. The summed E-state index contributed by atoms with van der Waals surface area (Å²) in [5, 5.41) is 16.8. The Bertz CT molecular complexity index is 1040. The van der Waals surface area contributed by atoms with Crippen LogP contribution in [0.5, 0.6) is 5.75 Å². The Morgan fingerprint density at radius 2 is 1.96 bits per heavy atom. The first-order valence-electron chi connectivity index (χ1n) is 7.50. The summed E-state index contributed by atoms with van der Waals surface area (Å²) >= 11 is 0. The van der Waals surface area contributed by atoms with Crippen LogP contribution in [0.1, 0.15) is 11.1 Å². The molecule has 0 unspecified atom stereocenters. The lowest BCUT2D eigenvalue weighted by Gasteiger charge is -2.10. The molecule has 0 saturated carbocycles. The van der Waals surface area contributed by atoms with Crippen LogP contribution in [0, 0.1) is 11.8 Å². The molecule has 0 atom stereocenters. The third kappa shape index (κ3) is 3.58. The summed E-state index contributed by atoms with van der Waals surface area (Å²) in [4.78, 5) is 10.9. The van der Waals surface area contributed by atoms with Crippen LogP contribution in [-0.2, 0) is 4.79 Å². The maximum Gasteiger partial charge on any atom is 0.357 e. The van der Waals surface area contributed by atoms with Crippen LogP contribution < -0.4 is 21.7 Å². The number of benzene rings is 2. The Hall–Kier alpha value is -3.96. The van der Waals surface area contributed by atoms with Crippen molar-refractivity contribution in [3.63, 3.8) is 0 Å². The molecule has 2 aromatic carbocycles. The van der Waals surface area contributed by atoms with Gasteiger partial charge in [0.15, 0.2) is 5.70 Å². The van der Waals surface area contributed by atoms with Crippen LogP contribution in [0.2, 0.25) is 0 Å². The standard InChI is InChI=1S/C18H15N5O3/c19-15(18(24)25)17(22-20)26-14-8-5-11(6-9-14)4-7-12-2-1-3-13-10-21-23-16(12)13/h1-3,5-6,8-10,22H,19-20H2,(H,21,23)(H,24,25)/b17-15+. The molecule has 0 aliphatic rings. The quantitative estimate of drug-likeness (QED) is 0.156. The molecule has 0 fully saturated rings. The summed E-state index contributed by atoms with van der Waals surface area (Å²) in [5.74, 6) is 10.2. The number of aromatic nitrogens is 2. The van der Waals surface area contributed by atoms with Crippen molar-refractivity contribution in [3.05, 3.63) is 71.4 Å². The highest BCUT2D eigenvalue weighted by molar-refractivity contribution is 5.86. The highest BCUT2D eigenvalue weighted by Gasteiger charge is 2.12. The first-order chi connectivity index (χ1) is 12.6. The normalized spacial score (nSPS) is 11.3. The van der Waals surface area contributed by atoms with Gasteiger partial charge in [-0.2, -0.15) is 5.10 Å². The van der Waals surface area contributed by atoms with Crippen LogP contribution in [0.25, 0.3) is 10.9 Å². The molecule has 0 radical (unpaired) electrons. The van der Waals surface area contributed by atoms with Gasteiger partial charge in [0.05, 0.1) is 17.3 Å². The predicted octanol–water partition coefficient (Wildman–Crippen LogP) is 1.02. The van der Waals surface area contributed by atoms with Gasteiger partial charge >= 0.3 is 5.97 Å². The second kappa shape index (κ2) is 7.29. The number of nitrogens with one attached hydrogen (secondary N) is 2. The maximum atomic E-state index is 10.9. The number of aliphatic carboxylic acids is 1. The van der Waals surface area contributed by atoms with Crippen LogP contribution in [-0.4, -0.2) is 21.3 Å². The lowest BCUT2D eigenvalue weighted by Crippen LogP contribution is -2.31. The summed E-state index contributed by atoms with van der Waals surface area (Å²) in [7, 11) is 0. The van der Waals surface area contributed by atoms with Gasteiger partial charge in [-0.1, -0.05) is 24.0 Å². The van der Waals surface area contributed by atoms with Gasteiger partial charge in [0.25, 0.3) is 0 Å². The first-order valence-corrected chi connectivity index (χ1v) is 7.50. The van der Waals surface area contributed by atoms with Gasteiger partial charge in [-0.05, 0) is 30.3 Å². The Morgan fingerprint density at radius 1 is 1.19 bits per heavy atom. The van der Waals surface area contributed by atoms with E-state index in [1.165, 1.54) is 0 Å². The van der Waals surface area contributed by atoms with Crippen molar-refractivity contribution in [3.8, 4) is 17.6 Å². The fourth-order valence-electron chi connectivity index (χ4n) is 2.20. The molecule has 1 heterocycles. The number of ether oxygens (including phenoxy) is 1. The molecule has 3 rings (SSSR count). The Kier molecular flexibility index (Phi) is 4.74. The topological polar surface area (TPSA) is 139 Å². The summed E-state index contributed by atoms with van der Waals surface area (Å²) in [6, 6.07) is 12.5. The van der Waals surface area contributed by atoms with Gasteiger partial charge in [-0.3, -0.25) is 10.5 Å². The van der Waals surface area contributed by atoms with Gasteiger partial charge in [0, 0.05) is 10.9 Å². The van der Waals surface area contributed by atoms with Crippen molar-refractivity contribution >= 4 is 16.9 Å². The van der Waals surface area contributed by atoms with E-state index in [0.29, 0.717) is 5.75 Å². The van der Waals surface area contributed by atoms with Crippen molar-refractivity contribution < 1.29 is 14.6 Å². The Labute approximate surface area is 148 Å². The molecular formula is C18H15N5O3. The van der Waals surface area contributed by atoms with E-state index in [-0.39, 0.29) is 5.88 Å². The van der Waals surface area contributed by atoms with E-state index in [4.69, 9.17) is 21.4 Å². The van der Waals surface area contributed by atoms with Crippen molar-refractivity contribution in [2.45, 2.75) is 0 Å². The van der Waals surface area contributed by atoms with Crippen LogP contribution in [0.15, 0.2) is 60.2 Å². The molecule has 8 nitrogen and oxygen atoms in total. The molecule has 3 aromatic rings. The van der Waals surface area contributed by atoms with Crippen molar-refractivity contribution in [1.82, 2.24) is 15.6 Å². The maximum absolute atomic E-state index is 10.9. The number of nitrogens with zero attached hydrogens (tertiary/aromatic N) is 1. The number of rotatable bonds is 4. The Balaban J connectivity index is 1.80. The van der Waals surface area contributed by atoms with Crippen molar-refractivity contribution in [1.29, 1.82) is 0 Å². The van der Waals surface area contributed by atoms with Gasteiger partial charge in [0.2, 0.25) is 5.88 Å². The summed E-state index contributed by atoms with van der Waals surface area (Å²) in [5.41, 5.74) is 9.46. The number of aromatic amines is 1. The van der Waals surface area contributed by atoms with E-state index in [0.717, 1.165) is 22.0 Å². The molecule has 8 heteroatoms. The third-order valence-electron chi connectivity index (χ3n) is 3.50. The number of nitrogens with two attached hydrogens (primary N) is 2. The molecule has 0 saturated heterocycles. The summed E-state index contributed by atoms with van der Waals surface area (Å²) < 4.78 is 5.33. The minimum atomic E-state index is -1.34. The average molecular weight is 349 g/mol. The number of para-hydroxylation sites is 1. The fourth-order valence-corrected chi connectivity index (χ4v) is 2.20. The molecule has 1 aromatic heterocycles. The number of carbonyl (C=O) groups is 1. The number of hydrogen-bond acceptors (Lipinski definition) is 6. The van der Waals surface area contributed by atoms with E-state index in [9.17, 15) is 4.79 Å².